The Bertz CT molecular complexity index is 677. The average Bonchev–Trinajstić information content (AvgIpc) is 2.82. The molecule has 3 N–H and O–H groups in total. The summed E-state index contributed by atoms with van der Waals surface area (Å²) in [5, 5.41) is 3.38. The summed E-state index contributed by atoms with van der Waals surface area (Å²) in [6.45, 7) is 1.77. The number of hydrogen-bond donors (Lipinski definition) is 2. The first kappa shape index (κ1) is 12.7. The molecule has 0 aliphatic carbocycles. The zero-order chi connectivity index (χ0) is 14.1. The van der Waals surface area contributed by atoms with Crippen molar-refractivity contribution in [2.24, 2.45) is 5.73 Å². The Kier molecular flexibility index (Phi) is 3.15. The largest absolute Gasteiger partial charge is 0.346 e. The summed E-state index contributed by atoms with van der Waals surface area (Å²) < 4.78 is 2.08. The van der Waals surface area contributed by atoms with Crippen LogP contribution in [0.25, 0.3) is 10.9 Å². The summed E-state index contributed by atoms with van der Waals surface area (Å²) in [4.78, 5) is 24.6. The van der Waals surface area contributed by atoms with Crippen LogP contribution in [0.3, 0.4) is 0 Å². The Balaban J connectivity index is 1.93. The van der Waals surface area contributed by atoms with Crippen molar-refractivity contribution >= 4 is 28.5 Å². The number of nitrogens with one attached hydrogen (secondary N) is 1. The number of fused-ring (bicyclic) bond motifs is 1. The van der Waals surface area contributed by atoms with Gasteiger partial charge in [0.05, 0.1) is 0 Å². The van der Waals surface area contributed by atoms with Gasteiger partial charge >= 0.3 is 6.03 Å². The smallest absolute Gasteiger partial charge is 0.328 e. The molecule has 1 fully saturated rings. The van der Waals surface area contributed by atoms with Crippen molar-refractivity contribution in [3.8, 4) is 0 Å². The Morgan fingerprint density at radius 1 is 1.25 bits per heavy atom. The molecule has 6 nitrogen and oxygen atoms in total. The van der Waals surface area contributed by atoms with Crippen molar-refractivity contribution < 1.29 is 9.59 Å². The molecular weight excluding hydrogens is 256 g/mol. The SMILES string of the molecule is NCCn1ccc2cc(N3CCC(=O)NC3=O)ccc21. The van der Waals surface area contributed by atoms with E-state index in [0.29, 0.717) is 19.5 Å². The van der Waals surface area contributed by atoms with Gasteiger partial charge in [-0.15, -0.1) is 0 Å². The maximum atomic E-state index is 11.8. The number of nitrogens with zero attached hydrogens (tertiary/aromatic N) is 2. The topological polar surface area (TPSA) is 80.4 Å². The quantitative estimate of drug-likeness (QED) is 0.876. The zero-order valence-corrected chi connectivity index (χ0v) is 11.0. The van der Waals surface area contributed by atoms with Crippen molar-refractivity contribution in [1.29, 1.82) is 0 Å². The van der Waals surface area contributed by atoms with Crippen LogP contribution in [-0.4, -0.2) is 29.6 Å². The Morgan fingerprint density at radius 2 is 2.10 bits per heavy atom. The molecule has 0 unspecified atom stereocenters. The van der Waals surface area contributed by atoms with Gasteiger partial charge in [-0.1, -0.05) is 0 Å². The highest BCUT2D eigenvalue weighted by Crippen LogP contribution is 2.24. The van der Waals surface area contributed by atoms with E-state index in [-0.39, 0.29) is 11.9 Å². The summed E-state index contributed by atoms with van der Waals surface area (Å²) in [6.07, 6.45) is 2.32. The van der Waals surface area contributed by atoms with Crippen molar-refractivity contribution in [3.05, 3.63) is 30.5 Å². The molecule has 0 atom stereocenters. The second-order valence-corrected chi connectivity index (χ2v) is 4.80. The Hall–Kier alpha value is -2.34. The number of carbonyl (C=O) groups excluding carboxylic acids is 2. The molecule has 1 aliphatic heterocycles. The van der Waals surface area contributed by atoms with Gasteiger partial charge in [-0.3, -0.25) is 15.0 Å². The molecule has 1 saturated heterocycles. The van der Waals surface area contributed by atoms with Crippen LogP contribution < -0.4 is 16.0 Å². The van der Waals surface area contributed by atoms with E-state index < -0.39 is 0 Å². The number of anilines is 1. The first-order valence-corrected chi connectivity index (χ1v) is 6.59. The molecule has 2 aromatic rings. The van der Waals surface area contributed by atoms with Crippen molar-refractivity contribution in [1.82, 2.24) is 9.88 Å². The maximum absolute atomic E-state index is 11.8. The third-order valence-electron chi connectivity index (χ3n) is 3.49. The van der Waals surface area contributed by atoms with Gasteiger partial charge in [0, 0.05) is 48.8 Å². The number of rotatable bonds is 3. The van der Waals surface area contributed by atoms with Crippen LogP contribution in [0.1, 0.15) is 6.42 Å². The minimum absolute atomic E-state index is 0.221. The molecular formula is C14H16N4O2. The lowest BCUT2D eigenvalue weighted by molar-refractivity contribution is -0.120. The molecule has 1 aliphatic rings. The van der Waals surface area contributed by atoms with E-state index in [9.17, 15) is 9.59 Å². The van der Waals surface area contributed by atoms with Crippen LogP contribution in [0.15, 0.2) is 30.5 Å². The average molecular weight is 272 g/mol. The molecule has 3 rings (SSSR count). The van der Waals surface area contributed by atoms with E-state index >= 15 is 0 Å². The first-order chi connectivity index (χ1) is 9.69. The molecule has 0 saturated carbocycles. The predicted molar refractivity (Wildman–Crippen MR) is 76.5 cm³/mol. The van der Waals surface area contributed by atoms with Crippen LogP contribution >= 0.6 is 0 Å². The number of urea groups is 1. The molecule has 1 aromatic heterocycles. The standard InChI is InChI=1S/C14H16N4O2/c15-5-8-17-6-3-10-9-11(1-2-12(10)17)18-7-4-13(19)16-14(18)20/h1-3,6,9H,4-5,7-8,15H2,(H,16,19,20). The lowest BCUT2D eigenvalue weighted by Crippen LogP contribution is -2.49. The molecule has 2 heterocycles. The summed E-state index contributed by atoms with van der Waals surface area (Å²) in [7, 11) is 0. The fourth-order valence-electron chi connectivity index (χ4n) is 2.50. The predicted octanol–water partition coefficient (Wildman–Crippen LogP) is 1.05. The van der Waals surface area contributed by atoms with Gasteiger partial charge in [0.2, 0.25) is 5.91 Å². The normalized spacial score (nSPS) is 15.8. The van der Waals surface area contributed by atoms with E-state index in [1.165, 1.54) is 0 Å². The summed E-state index contributed by atoms with van der Waals surface area (Å²) in [6, 6.07) is 7.47. The molecule has 3 amide bonds. The fourth-order valence-corrected chi connectivity index (χ4v) is 2.50. The van der Waals surface area contributed by atoms with Crippen molar-refractivity contribution in [2.75, 3.05) is 18.0 Å². The molecule has 1 aromatic carbocycles. The van der Waals surface area contributed by atoms with Crippen LogP contribution in [0, 0.1) is 0 Å². The van der Waals surface area contributed by atoms with Crippen LogP contribution in [-0.2, 0) is 11.3 Å². The van der Waals surface area contributed by atoms with E-state index in [1.807, 2.05) is 30.5 Å². The maximum Gasteiger partial charge on any atom is 0.328 e. The van der Waals surface area contributed by atoms with Crippen molar-refractivity contribution in [3.63, 3.8) is 0 Å². The van der Waals surface area contributed by atoms with Gasteiger partial charge in [0.25, 0.3) is 0 Å². The van der Waals surface area contributed by atoms with Crippen molar-refractivity contribution in [2.45, 2.75) is 13.0 Å². The molecule has 6 heteroatoms. The highest BCUT2D eigenvalue weighted by Gasteiger charge is 2.24. The summed E-state index contributed by atoms with van der Waals surface area (Å²) in [5.41, 5.74) is 7.46. The third-order valence-corrected chi connectivity index (χ3v) is 3.49. The lowest BCUT2D eigenvalue weighted by Gasteiger charge is -2.26. The van der Waals surface area contributed by atoms with Gasteiger partial charge in [-0.05, 0) is 24.3 Å². The third kappa shape index (κ3) is 2.14. The second-order valence-electron chi connectivity index (χ2n) is 4.80. The summed E-state index contributed by atoms with van der Waals surface area (Å²) in [5.74, 6) is -0.221. The molecule has 0 spiro atoms. The first-order valence-electron chi connectivity index (χ1n) is 6.59. The van der Waals surface area contributed by atoms with E-state index in [1.54, 1.807) is 4.90 Å². The highest BCUT2D eigenvalue weighted by atomic mass is 16.2. The molecule has 20 heavy (non-hydrogen) atoms. The highest BCUT2D eigenvalue weighted by molar-refractivity contribution is 6.06. The Labute approximate surface area is 116 Å². The molecule has 104 valence electrons. The van der Waals surface area contributed by atoms with Gasteiger partial charge in [0.15, 0.2) is 0 Å². The monoisotopic (exact) mass is 272 g/mol. The second kappa shape index (κ2) is 4.97. The van der Waals surface area contributed by atoms with Crippen LogP contribution in [0.4, 0.5) is 10.5 Å². The number of imide groups is 1. The Morgan fingerprint density at radius 3 is 2.85 bits per heavy atom. The minimum Gasteiger partial charge on any atom is -0.346 e. The number of carbonyl (C=O) groups is 2. The van der Waals surface area contributed by atoms with Gasteiger partial charge in [-0.25, -0.2) is 4.79 Å². The van der Waals surface area contributed by atoms with E-state index in [2.05, 4.69) is 9.88 Å². The van der Waals surface area contributed by atoms with Crippen LogP contribution in [0.5, 0.6) is 0 Å². The van der Waals surface area contributed by atoms with Gasteiger partial charge < -0.3 is 10.3 Å². The van der Waals surface area contributed by atoms with Crippen LogP contribution in [0.2, 0.25) is 0 Å². The number of nitrogens with two attached hydrogens (primary N) is 1. The van der Waals surface area contributed by atoms with Gasteiger partial charge in [0.1, 0.15) is 0 Å². The number of benzene rings is 1. The fraction of sp³-hybridized carbons (Fsp3) is 0.286. The molecule has 0 bridgehead atoms. The number of hydrogen-bond acceptors (Lipinski definition) is 3. The summed E-state index contributed by atoms with van der Waals surface area (Å²) >= 11 is 0. The minimum atomic E-state index is -0.359. The van der Waals surface area contributed by atoms with Gasteiger partial charge in [-0.2, -0.15) is 0 Å². The molecule has 0 radical (unpaired) electrons. The van der Waals surface area contributed by atoms with E-state index in [4.69, 9.17) is 5.73 Å². The number of aromatic nitrogens is 1. The zero-order valence-electron chi connectivity index (χ0n) is 11.0. The lowest BCUT2D eigenvalue weighted by atomic mass is 10.2. The van der Waals surface area contributed by atoms with E-state index in [0.717, 1.165) is 23.1 Å². The number of amides is 3.